The summed E-state index contributed by atoms with van der Waals surface area (Å²) >= 11 is 2.03. The number of aliphatic hydroxyl groups excluding tert-OH is 2. The second kappa shape index (κ2) is 14.3. The molecule has 2 amide bonds. The van der Waals surface area contributed by atoms with Gasteiger partial charge in [-0.25, -0.2) is 0 Å². The summed E-state index contributed by atoms with van der Waals surface area (Å²) in [7, 11) is 2.99. The van der Waals surface area contributed by atoms with Crippen LogP contribution in [0.15, 0.2) is 52.5 Å². The zero-order chi connectivity index (χ0) is 35.0. The number of carbonyl (C=O) groups excluding carboxylic acids is 3. The van der Waals surface area contributed by atoms with E-state index in [1.807, 2.05) is 34.7 Å². The third-order valence-electron chi connectivity index (χ3n) is 10.9. The quantitative estimate of drug-likeness (QED) is 0.171. The fraction of sp³-hybridized carbons (Fsp3) is 0.486. The summed E-state index contributed by atoms with van der Waals surface area (Å²) in [5.41, 5.74) is 1.30. The van der Waals surface area contributed by atoms with Gasteiger partial charge in [0.25, 0.3) is 5.91 Å². The first-order valence-corrected chi connectivity index (χ1v) is 17.7. The maximum atomic E-state index is 14.7. The van der Waals surface area contributed by atoms with Gasteiger partial charge in [-0.05, 0) is 95.4 Å². The molecule has 3 aromatic rings. The molecule has 3 saturated carbocycles. The van der Waals surface area contributed by atoms with Crippen molar-refractivity contribution in [1.82, 2.24) is 10.2 Å². The molecule has 11 nitrogen and oxygen atoms in total. The average molecular weight is 787 g/mol. The summed E-state index contributed by atoms with van der Waals surface area (Å²) in [6.45, 7) is 4.75. The standard InChI is InChI=1S/C37H43IN2O9/c1-37(2)24-9-8-22(25(37)17-24)18-40(36(45)31-15-21-6-5-7-28(46-3)33(21)49-31)27-14-23(35(44)39-10-11-41)16-29(32(27)43)48-34-26(38)12-20(19-42)13-30(34)47-4/h5-7,12-13,15-16,19,22,24-25,27,29,32,41,43H,8-11,14,17-18H2,1-4H3,(H,39,44). The molecule has 7 rings (SSSR count). The van der Waals surface area contributed by atoms with Crippen molar-refractivity contribution in [3.63, 3.8) is 0 Å². The molecule has 262 valence electrons. The van der Waals surface area contributed by atoms with Gasteiger partial charge < -0.3 is 39.1 Å². The highest BCUT2D eigenvalue weighted by molar-refractivity contribution is 14.1. The van der Waals surface area contributed by atoms with Gasteiger partial charge in [0.05, 0.1) is 30.4 Å². The Kier molecular flexibility index (Phi) is 10.3. The van der Waals surface area contributed by atoms with E-state index in [1.54, 1.807) is 36.3 Å². The lowest BCUT2D eigenvalue weighted by Gasteiger charge is -2.61. The molecular formula is C37H43IN2O9. The SMILES string of the molecule is COc1cc(C=O)cc(I)c1OC1C=C(C(=O)NCCO)CC(N(CC2CCC3CC2C3(C)C)C(=O)c2cc3cccc(OC)c3o2)C1O. The van der Waals surface area contributed by atoms with Crippen LogP contribution in [0.25, 0.3) is 11.0 Å². The summed E-state index contributed by atoms with van der Waals surface area (Å²) in [4.78, 5) is 41.3. The highest BCUT2D eigenvalue weighted by Crippen LogP contribution is 2.61. The molecule has 2 aromatic carbocycles. The van der Waals surface area contributed by atoms with E-state index in [0.717, 1.165) is 19.3 Å². The molecule has 12 heteroatoms. The first kappa shape index (κ1) is 35.2. The summed E-state index contributed by atoms with van der Waals surface area (Å²) in [6.07, 6.45) is 3.12. The number of hydrogen-bond acceptors (Lipinski definition) is 9. The average Bonchev–Trinajstić information content (AvgIpc) is 3.55. The largest absolute Gasteiger partial charge is 0.493 e. The Morgan fingerprint density at radius 2 is 1.92 bits per heavy atom. The zero-order valence-electron chi connectivity index (χ0n) is 28.1. The van der Waals surface area contributed by atoms with Crippen molar-refractivity contribution >= 4 is 51.7 Å². The van der Waals surface area contributed by atoms with Gasteiger partial charge in [0.2, 0.25) is 5.91 Å². The fourth-order valence-electron chi connectivity index (χ4n) is 8.08. The third kappa shape index (κ3) is 6.66. The van der Waals surface area contributed by atoms with Crippen molar-refractivity contribution in [1.29, 1.82) is 0 Å². The summed E-state index contributed by atoms with van der Waals surface area (Å²) in [5.74, 6) is 1.60. The summed E-state index contributed by atoms with van der Waals surface area (Å²) < 4.78 is 24.2. The van der Waals surface area contributed by atoms with Crippen LogP contribution in [0.4, 0.5) is 0 Å². The Morgan fingerprint density at radius 1 is 1.14 bits per heavy atom. The number of amides is 2. The Labute approximate surface area is 299 Å². The zero-order valence-corrected chi connectivity index (χ0v) is 30.3. The summed E-state index contributed by atoms with van der Waals surface area (Å²) in [5, 5.41) is 25.0. The van der Waals surface area contributed by atoms with Crippen molar-refractivity contribution in [2.45, 2.75) is 57.8 Å². The number of halogens is 1. The molecular weight excluding hydrogens is 743 g/mol. The first-order chi connectivity index (χ1) is 23.5. The molecule has 6 atom stereocenters. The van der Waals surface area contributed by atoms with Crippen LogP contribution in [0, 0.1) is 26.7 Å². The number of furan rings is 1. The molecule has 49 heavy (non-hydrogen) atoms. The number of rotatable bonds is 12. The van der Waals surface area contributed by atoms with E-state index < -0.39 is 30.1 Å². The maximum absolute atomic E-state index is 14.7. The first-order valence-electron chi connectivity index (χ1n) is 16.6. The highest BCUT2D eigenvalue weighted by atomic mass is 127. The number of aldehydes is 1. The van der Waals surface area contributed by atoms with Crippen molar-refractivity contribution in [3.8, 4) is 17.2 Å². The van der Waals surface area contributed by atoms with E-state index >= 15 is 0 Å². The van der Waals surface area contributed by atoms with Gasteiger partial charge >= 0.3 is 0 Å². The number of para-hydroxylation sites is 1. The number of benzene rings is 2. The lowest BCUT2D eigenvalue weighted by atomic mass is 9.45. The van der Waals surface area contributed by atoms with Gasteiger partial charge in [-0.15, -0.1) is 0 Å². The Balaban J connectivity index is 1.41. The molecule has 2 bridgehead atoms. The van der Waals surface area contributed by atoms with E-state index in [0.29, 0.717) is 61.8 Å². The summed E-state index contributed by atoms with van der Waals surface area (Å²) in [6, 6.07) is 9.43. The van der Waals surface area contributed by atoms with Gasteiger partial charge in [0.1, 0.15) is 18.5 Å². The maximum Gasteiger partial charge on any atom is 0.289 e. The van der Waals surface area contributed by atoms with Crippen molar-refractivity contribution < 1.29 is 43.2 Å². The molecule has 0 saturated heterocycles. The van der Waals surface area contributed by atoms with Crippen LogP contribution in [-0.4, -0.2) is 85.4 Å². The van der Waals surface area contributed by atoms with Crippen LogP contribution in [0.3, 0.4) is 0 Å². The minimum Gasteiger partial charge on any atom is -0.493 e. The van der Waals surface area contributed by atoms with Gasteiger partial charge in [-0.2, -0.15) is 0 Å². The monoisotopic (exact) mass is 786 g/mol. The molecule has 3 fully saturated rings. The molecule has 3 N–H and O–H groups in total. The predicted octanol–water partition coefficient (Wildman–Crippen LogP) is 5.00. The number of carbonyl (C=O) groups is 3. The van der Waals surface area contributed by atoms with Crippen molar-refractivity contribution in [3.05, 3.63) is 62.9 Å². The third-order valence-corrected chi connectivity index (χ3v) is 11.7. The molecule has 4 aliphatic rings. The molecule has 6 unspecified atom stereocenters. The Bertz CT molecular complexity index is 1770. The second-order valence-corrected chi connectivity index (χ2v) is 15.0. The molecule has 1 aromatic heterocycles. The van der Waals surface area contributed by atoms with Crippen molar-refractivity contribution in [2.24, 2.45) is 23.2 Å². The molecule has 4 aliphatic carbocycles. The molecule has 0 aliphatic heterocycles. The number of hydrogen-bond donors (Lipinski definition) is 3. The minimum absolute atomic E-state index is 0.0390. The van der Waals surface area contributed by atoms with Crippen LogP contribution >= 0.6 is 22.6 Å². The molecule has 1 heterocycles. The van der Waals surface area contributed by atoms with E-state index in [1.165, 1.54) is 13.2 Å². The van der Waals surface area contributed by atoms with Crippen LogP contribution in [-0.2, 0) is 4.79 Å². The van der Waals surface area contributed by atoms with E-state index in [2.05, 4.69) is 19.2 Å². The number of ether oxygens (including phenoxy) is 3. The molecule has 0 radical (unpaired) electrons. The normalized spacial score (nSPS) is 25.5. The lowest BCUT2D eigenvalue weighted by molar-refractivity contribution is -0.120. The second-order valence-electron chi connectivity index (χ2n) is 13.8. The van der Waals surface area contributed by atoms with Gasteiger partial charge in [0.15, 0.2) is 28.6 Å². The lowest BCUT2D eigenvalue weighted by Crippen LogP contribution is -2.59. The van der Waals surface area contributed by atoms with Gasteiger partial charge in [-0.1, -0.05) is 26.0 Å². The number of aliphatic hydroxyl groups is 2. The highest BCUT2D eigenvalue weighted by Gasteiger charge is 2.55. The van der Waals surface area contributed by atoms with Crippen LogP contribution in [0.5, 0.6) is 17.2 Å². The van der Waals surface area contributed by atoms with Crippen LogP contribution < -0.4 is 19.5 Å². The van der Waals surface area contributed by atoms with E-state index in [9.17, 15) is 24.6 Å². The van der Waals surface area contributed by atoms with Crippen molar-refractivity contribution in [2.75, 3.05) is 33.9 Å². The number of nitrogens with one attached hydrogen (secondary N) is 1. The van der Waals surface area contributed by atoms with Crippen LogP contribution in [0.1, 0.15) is 60.4 Å². The van der Waals surface area contributed by atoms with Gasteiger partial charge in [0, 0.05) is 36.0 Å². The number of nitrogens with zero attached hydrogens (tertiary/aromatic N) is 1. The van der Waals surface area contributed by atoms with E-state index in [-0.39, 0.29) is 42.4 Å². The topological polar surface area (TPSA) is 148 Å². The van der Waals surface area contributed by atoms with E-state index in [4.69, 9.17) is 18.6 Å². The number of methoxy groups -OCH3 is 2. The fourth-order valence-corrected chi connectivity index (χ4v) is 8.84. The van der Waals surface area contributed by atoms with Crippen LogP contribution in [0.2, 0.25) is 0 Å². The Hall–Kier alpha value is -3.62. The predicted molar refractivity (Wildman–Crippen MR) is 190 cm³/mol. The molecule has 0 spiro atoms. The Morgan fingerprint density at radius 3 is 2.59 bits per heavy atom. The van der Waals surface area contributed by atoms with Gasteiger partial charge in [-0.3, -0.25) is 14.4 Å². The minimum atomic E-state index is -1.26. The smallest absolute Gasteiger partial charge is 0.289 e. The number of fused-ring (bicyclic) bond motifs is 3.